The lowest BCUT2D eigenvalue weighted by Gasteiger charge is -2.11. The van der Waals surface area contributed by atoms with Crippen LogP contribution < -0.4 is 5.43 Å². The van der Waals surface area contributed by atoms with Crippen LogP contribution >= 0.6 is 0 Å². The van der Waals surface area contributed by atoms with Crippen LogP contribution in [-0.4, -0.2) is 4.98 Å². The lowest BCUT2D eigenvalue weighted by atomic mass is 9.99. The number of fused-ring (bicyclic) bond motifs is 1. The number of rotatable bonds is 4. The van der Waals surface area contributed by atoms with E-state index in [4.69, 9.17) is 0 Å². The fourth-order valence-corrected chi connectivity index (χ4v) is 2.79. The molecule has 0 aliphatic heterocycles. The van der Waals surface area contributed by atoms with Gasteiger partial charge in [-0.15, -0.1) is 0 Å². The number of benzene rings is 2. The summed E-state index contributed by atoms with van der Waals surface area (Å²) in [6, 6.07) is 18.0. The number of para-hydroxylation sites is 1. The molecule has 0 unspecified atom stereocenters. The Morgan fingerprint density at radius 2 is 1.67 bits per heavy atom. The van der Waals surface area contributed by atoms with E-state index < -0.39 is 0 Å². The average molecular weight is 277 g/mol. The molecular weight excluding hydrogens is 258 g/mol. The molecule has 0 amide bonds. The summed E-state index contributed by atoms with van der Waals surface area (Å²) in [4.78, 5) is 16.2. The zero-order valence-corrected chi connectivity index (χ0v) is 12.2. The maximum Gasteiger partial charge on any atom is 0.192 e. The topological polar surface area (TPSA) is 32.9 Å². The number of hydrogen-bond acceptors (Lipinski definition) is 1. The fourth-order valence-electron chi connectivity index (χ4n) is 2.79. The lowest BCUT2D eigenvalue weighted by molar-refractivity contribution is 0.882. The van der Waals surface area contributed by atoms with E-state index in [0.717, 1.165) is 41.4 Å². The second-order valence-electron chi connectivity index (χ2n) is 5.37. The molecule has 1 aromatic heterocycles. The van der Waals surface area contributed by atoms with Crippen molar-refractivity contribution >= 4 is 10.9 Å². The Balaban J connectivity index is 2.15. The molecule has 0 radical (unpaired) electrons. The van der Waals surface area contributed by atoms with Gasteiger partial charge in [0, 0.05) is 28.6 Å². The first-order chi connectivity index (χ1) is 10.3. The first kappa shape index (κ1) is 13.6. The molecule has 3 aromatic rings. The van der Waals surface area contributed by atoms with Crippen LogP contribution in [0.2, 0.25) is 0 Å². The van der Waals surface area contributed by atoms with Crippen molar-refractivity contribution in [2.24, 2.45) is 0 Å². The van der Waals surface area contributed by atoms with Gasteiger partial charge in [-0.05, 0) is 24.1 Å². The summed E-state index contributed by atoms with van der Waals surface area (Å²) in [6.07, 6.45) is 2.57. The van der Waals surface area contributed by atoms with Crippen molar-refractivity contribution in [1.29, 1.82) is 0 Å². The zero-order valence-electron chi connectivity index (χ0n) is 12.2. The van der Waals surface area contributed by atoms with Crippen LogP contribution in [0.25, 0.3) is 10.9 Å². The second kappa shape index (κ2) is 5.96. The van der Waals surface area contributed by atoms with Crippen molar-refractivity contribution < 1.29 is 0 Å². The third-order valence-corrected chi connectivity index (χ3v) is 3.82. The molecule has 0 aliphatic carbocycles. The van der Waals surface area contributed by atoms with Gasteiger partial charge in [-0.2, -0.15) is 0 Å². The van der Waals surface area contributed by atoms with E-state index in [9.17, 15) is 4.79 Å². The average Bonchev–Trinajstić information content (AvgIpc) is 2.52. The molecular formula is C19H19NO. The molecule has 2 nitrogen and oxygen atoms in total. The molecule has 1 heterocycles. The number of aromatic amines is 1. The van der Waals surface area contributed by atoms with Gasteiger partial charge in [-0.25, -0.2) is 0 Å². The minimum Gasteiger partial charge on any atom is -0.358 e. The number of H-pyrrole nitrogens is 1. The fraction of sp³-hybridized carbons (Fsp3) is 0.211. The number of pyridine rings is 1. The predicted molar refractivity (Wildman–Crippen MR) is 87.8 cm³/mol. The van der Waals surface area contributed by atoms with Gasteiger partial charge in [0.2, 0.25) is 0 Å². The Morgan fingerprint density at radius 1 is 0.952 bits per heavy atom. The first-order valence-corrected chi connectivity index (χ1v) is 7.46. The smallest absolute Gasteiger partial charge is 0.192 e. The number of nitrogens with one attached hydrogen (secondary N) is 1. The maximum atomic E-state index is 12.7. The van der Waals surface area contributed by atoms with Crippen LogP contribution in [0.3, 0.4) is 0 Å². The third-order valence-electron chi connectivity index (χ3n) is 3.82. The van der Waals surface area contributed by atoms with Crippen LogP contribution in [-0.2, 0) is 12.8 Å². The Labute approximate surface area is 124 Å². The largest absolute Gasteiger partial charge is 0.358 e. The summed E-state index contributed by atoms with van der Waals surface area (Å²) >= 11 is 0. The van der Waals surface area contributed by atoms with Gasteiger partial charge in [0.25, 0.3) is 0 Å². The van der Waals surface area contributed by atoms with Crippen LogP contribution in [0.15, 0.2) is 59.4 Å². The van der Waals surface area contributed by atoms with Crippen LogP contribution in [0, 0.1) is 0 Å². The highest BCUT2D eigenvalue weighted by atomic mass is 16.1. The Hall–Kier alpha value is -2.35. The van der Waals surface area contributed by atoms with E-state index >= 15 is 0 Å². The highest BCUT2D eigenvalue weighted by Crippen LogP contribution is 2.16. The summed E-state index contributed by atoms with van der Waals surface area (Å²) in [7, 11) is 0. The monoisotopic (exact) mass is 277 g/mol. The van der Waals surface area contributed by atoms with Crippen molar-refractivity contribution in [2.45, 2.75) is 26.2 Å². The molecule has 0 saturated heterocycles. The molecule has 0 spiro atoms. The molecule has 21 heavy (non-hydrogen) atoms. The van der Waals surface area contributed by atoms with Gasteiger partial charge in [0.05, 0.1) is 0 Å². The van der Waals surface area contributed by atoms with Crippen LogP contribution in [0.5, 0.6) is 0 Å². The van der Waals surface area contributed by atoms with E-state index in [1.807, 2.05) is 42.5 Å². The van der Waals surface area contributed by atoms with Gasteiger partial charge in [-0.1, -0.05) is 55.8 Å². The normalized spacial score (nSPS) is 10.9. The van der Waals surface area contributed by atoms with E-state index in [0.29, 0.717) is 0 Å². The van der Waals surface area contributed by atoms with Gasteiger partial charge in [0.15, 0.2) is 5.43 Å². The SMILES string of the molecule is CCCc1c(Cc2ccccc2)[nH]c2ccccc2c1=O. The van der Waals surface area contributed by atoms with Crippen molar-refractivity contribution in [2.75, 3.05) is 0 Å². The molecule has 2 aromatic carbocycles. The summed E-state index contributed by atoms with van der Waals surface area (Å²) in [6.45, 7) is 2.11. The number of aromatic nitrogens is 1. The minimum absolute atomic E-state index is 0.178. The third kappa shape index (κ3) is 2.75. The molecule has 3 rings (SSSR count). The number of hydrogen-bond donors (Lipinski definition) is 1. The van der Waals surface area contributed by atoms with Crippen LogP contribution in [0.1, 0.15) is 30.2 Å². The molecule has 0 saturated carbocycles. The Bertz CT molecular complexity index is 803. The van der Waals surface area contributed by atoms with Gasteiger partial charge in [0.1, 0.15) is 0 Å². The van der Waals surface area contributed by atoms with E-state index in [-0.39, 0.29) is 5.43 Å². The minimum atomic E-state index is 0.178. The van der Waals surface area contributed by atoms with Crippen molar-refractivity contribution in [3.63, 3.8) is 0 Å². The Kier molecular flexibility index (Phi) is 3.87. The van der Waals surface area contributed by atoms with Gasteiger partial charge < -0.3 is 4.98 Å². The van der Waals surface area contributed by atoms with Crippen molar-refractivity contribution in [3.05, 3.63) is 81.6 Å². The lowest BCUT2D eigenvalue weighted by Crippen LogP contribution is -2.15. The summed E-state index contributed by atoms with van der Waals surface area (Å²) < 4.78 is 0. The highest BCUT2D eigenvalue weighted by molar-refractivity contribution is 5.79. The van der Waals surface area contributed by atoms with E-state index in [1.54, 1.807) is 0 Å². The quantitative estimate of drug-likeness (QED) is 0.766. The molecule has 2 heteroatoms. The molecule has 0 fully saturated rings. The Morgan fingerprint density at radius 3 is 2.43 bits per heavy atom. The summed E-state index contributed by atoms with van der Waals surface area (Å²) in [5.41, 5.74) is 4.30. The summed E-state index contributed by atoms with van der Waals surface area (Å²) in [5, 5.41) is 0.790. The van der Waals surface area contributed by atoms with Gasteiger partial charge in [-0.3, -0.25) is 4.79 Å². The van der Waals surface area contributed by atoms with Crippen molar-refractivity contribution in [3.8, 4) is 0 Å². The predicted octanol–water partition coefficient (Wildman–Crippen LogP) is 4.07. The van der Waals surface area contributed by atoms with E-state index in [1.165, 1.54) is 5.56 Å². The molecule has 0 aliphatic rings. The standard InChI is InChI=1S/C19H19NO/c1-2-8-15-18(13-14-9-4-3-5-10-14)20-17-12-7-6-11-16(17)19(15)21/h3-7,9-12H,2,8,13H2,1H3,(H,20,21). The zero-order chi connectivity index (χ0) is 14.7. The molecule has 1 N–H and O–H groups in total. The highest BCUT2D eigenvalue weighted by Gasteiger charge is 2.11. The second-order valence-corrected chi connectivity index (χ2v) is 5.37. The molecule has 106 valence electrons. The van der Waals surface area contributed by atoms with E-state index in [2.05, 4.69) is 24.0 Å². The molecule has 0 bridgehead atoms. The van der Waals surface area contributed by atoms with Gasteiger partial charge >= 0.3 is 0 Å². The first-order valence-electron chi connectivity index (χ1n) is 7.46. The maximum absolute atomic E-state index is 12.7. The molecule has 0 atom stereocenters. The van der Waals surface area contributed by atoms with Crippen molar-refractivity contribution in [1.82, 2.24) is 4.98 Å². The summed E-state index contributed by atoms with van der Waals surface area (Å²) in [5.74, 6) is 0. The van der Waals surface area contributed by atoms with Crippen LogP contribution in [0.4, 0.5) is 0 Å².